The molecule has 3 rings (SSSR count). The molecule has 110 valence electrons. The van der Waals surface area contributed by atoms with Crippen LogP contribution in [0.5, 0.6) is 5.88 Å². The van der Waals surface area contributed by atoms with Crippen molar-refractivity contribution in [1.82, 2.24) is 14.0 Å². The molecular formula is C16H19N3O2. The number of hydrogen-bond donors (Lipinski definition) is 0. The summed E-state index contributed by atoms with van der Waals surface area (Å²) in [7, 11) is 1.60. The number of aryl methyl sites for hydroxylation is 1. The zero-order valence-corrected chi connectivity index (χ0v) is 12.4. The maximum Gasteiger partial charge on any atom is 0.275 e. The SMILES string of the molecule is CCCCCn1c(=O)c2cccn2c2nc(OC)ccc21. The highest BCUT2D eigenvalue weighted by Gasteiger charge is 2.12. The first-order valence-electron chi connectivity index (χ1n) is 7.31. The smallest absolute Gasteiger partial charge is 0.275 e. The number of rotatable bonds is 5. The minimum Gasteiger partial charge on any atom is -0.481 e. The van der Waals surface area contributed by atoms with Crippen LogP contribution in [-0.4, -0.2) is 21.1 Å². The highest BCUT2D eigenvalue weighted by Crippen LogP contribution is 2.18. The third-order valence-corrected chi connectivity index (χ3v) is 3.76. The molecule has 5 heteroatoms. The highest BCUT2D eigenvalue weighted by molar-refractivity contribution is 5.75. The van der Waals surface area contributed by atoms with E-state index in [1.807, 2.05) is 33.4 Å². The maximum absolute atomic E-state index is 12.6. The zero-order chi connectivity index (χ0) is 14.8. The fourth-order valence-electron chi connectivity index (χ4n) is 2.65. The lowest BCUT2D eigenvalue weighted by Crippen LogP contribution is -2.23. The van der Waals surface area contributed by atoms with Gasteiger partial charge in [-0.25, -0.2) is 0 Å². The largest absolute Gasteiger partial charge is 0.481 e. The number of fused-ring (bicyclic) bond motifs is 3. The quantitative estimate of drug-likeness (QED) is 0.677. The molecule has 3 aromatic heterocycles. The number of methoxy groups -OCH3 is 1. The van der Waals surface area contributed by atoms with Crippen molar-refractivity contribution in [3.63, 3.8) is 0 Å². The molecule has 0 spiro atoms. The number of aromatic nitrogens is 3. The molecule has 0 aliphatic carbocycles. The fourth-order valence-corrected chi connectivity index (χ4v) is 2.65. The molecule has 0 amide bonds. The summed E-state index contributed by atoms with van der Waals surface area (Å²) in [5, 5.41) is 0. The predicted molar refractivity (Wildman–Crippen MR) is 83.0 cm³/mol. The van der Waals surface area contributed by atoms with Crippen LogP contribution in [0.1, 0.15) is 26.2 Å². The number of pyridine rings is 1. The van der Waals surface area contributed by atoms with E-state index in [-0.39, 0.29) is 5.56 Å². The van der Waals surface area contributed by atoms with E-state index in [4.69, 9.17) is 4.74 Å². The van der Waals surface area contributed by atoms with Crippen LogP contribution in [0.2, 0.25) is 0 Å². The van der Waals surface area contributed by atoms with Crippen molar-refractivity contribution in [2.45, 2.75) is 32.7 Å². The van der Waals surface area contributed by atoms with Gasteiger partial charge in [0.05, 0.1) is 12.6 Å². The van der Waals surface area contributed by atoms with E-state index in [0.717, 1.165) is 37.0 Å². The van der Waals surface area contributed by atoms with Crippen LogP contribution in [0.4, 0.5) is 0 Å². The molecule has 0 unspecified atom stereocenters. The van der Waals surface area contributed by atoms with Crippen molar-refractivity contribution in [3.8, 4) is 5.88 Å². The van der Waals surface area contributed by atoms with E-state index in [1.54, 1.807) is 13.2 Å². The van der Waals surface area contributed by atoms with Gasteiger partial charge in [-0.2, -0.15) is 4.98 Å². The summed E-state index contributed by atoms with van der Waals surface area (Å²) in [5.41, 5.74) is 2.29. The Bertz CT molecular complexity index is 833. The van der Waals surface area contributed by atoms with Gasteiger partial charge in [-0.3, -0.25) is 9.20 Å². The van der Waals surface area contributed by atoms with Gasteiger partial charge in [0.15, 0.2) is 5.65 Å². The van der Waals surface area contributed by atoms with Crippen molar-refractivity contribution in [3.05, 3.63) is 40.8 Å². The predicted octanol–water partition coefficient (Wildman–Crippen LogP) is 2.85. The summed E-state index contributed by atoms with van der Waals surface area (Å²) in [5.74, 6) is 0.552. The Morgan fingerprint density at radius 1 is 1.19 bits per heavy atom. The van der Waals surface area contributed by atoms with E-state index in [2.05, 4.69) is 11.9 Å². The normalized spacial score (nSPS) is 11.3. The Hall–Kier alpha value is -2.30. The standard InChI is InChI=1S/C16H19N3O2/c1-3-4-5-10-19-12-8-9-14(21-2)17-15(12)18-11-6-7-13(18)16(19)20/h6-9,11H,3-5,10H2,1-2H3. The minimum absolute atomic E-state index is 0.0376. The molecule has 0 radical (unpaired) electrons. The summed E-state index contributed by atoms with van der Waals surface area (Å²) in [6.07, 6.45) is 5.10. The van der Waals surface area contributed by atoms with Crippen molar-refractivity contribution in [1.29, 1.82) is 0 Å². The van der Waals surface area contributed by atoms with Gasteiger partial charge >= 0.3 is 0 Å². The van der Waals surface area contributed by atoms with Gasteiger partial charge in [-0.1, -0.05) is 19.8 Å². The summed E-state index contributed by atoms with van der Waals surface area (Å²) in [4.78, 5) is 17.1. The molecule has 0 aliphatic rings. The molecule has 0 bridgehead atoms. The first kappa shape index (κ1) is 13.7. The first-order valence-corrected chi connectivity index (χ1v) is 7.31. The Kier molecular flexibility index (Phi) is 3.64. The fraction of sp³-hybridized carbons (Fsp3) is 0.375. The molecular weight excluding hydrogens is 266 g/mol. The molecule has 0 saturated heterocycles. The zero-order valence-electron chi connectivity index (χ0n) is 12.4. The molecule has 0 atom stereocenters. The van der Waals surface area contributed by atoms with Gasteiger partial charge < -0.3 is 9.30 Å². The molecule has 0 saturated carbocycles. The van der Waals surface area contributed by atoms with E-state index in [1.165, 1.54) is 0 Å². The lowest BCUT2D eigenvalue weighted by atomic mass is 10.2. The highest BCUT2D eigenvalue weighted by atomic mass is 16.5. The lowest BCUT2D eigenvalue weighted by molar-refractivity contribution is 0.399. The molecule has 0 aliphatic heterocycles. The van der Waals surface area contributed by atoms with Gasteiger partial charge in [0.1, 0.15) is 5.52 Å². The van der Waals surface area contributed by atoms with E-state index in [0.29, 0.717) is 11.4 Å². The second kappa shape index (κ2) is 5.60. The molecule has 3 aromatic rings. The summed E-state index contributed by atoms with van der Waals surface area (Å²) >= 11 is 0. The molecule has 0 fully saturated rings. The van der Waals surface area contributed by atoms with Crippen LogP contribution in [0.25, 0.3) is 16.7 Å². The average molecular weight is 285 g/mol. The lowest BCUT2D eigenvalue weighted by Gasteiger charge is -2.12. The summed E-state index contributed by atoms with van der Waals surface area (Å²) in [6, 6.07) is 7.41. The van der Waals surface area contributed by atoms with Crippen LogP contribution in [0, 0.1) is 0 Å². The Morgan fingerprint density at radius 2 is 2.05 bits per heavy atom. The monoisotopic (exact) mass is 285 g/mol. The minimum atomic E-state index is 0.0376. The van der Waals surface area contributed by atoms with Crippen molar-refractivity contribution < 1.29 is 4.74 Å². The van der Waals surface area contributed by atoms with Crippen molar-refractivity contribution in [2.75, 3.05) is 7.11 Å². The number of unbranched alkanes of at least 4 members (excludes halogenated alkanes) is 2. The van der Waals surface area contributed by atoms with Gasteiger partial charge in [0.25, 0.3) is 5.56 Å². The number of ether oxygens (including phenoxy) is 1. The number of hydrogen-bond acceptors (Lipinski definition) is 3. The average Bonchev–Trinajstić information content (AvgIpc) is 3.00. The van der Waals surface area contributed by atoms with Crippen LogP contribution >= 0.6 is 0 Å². The summed E-state index contributed by atoms with van der Waals surface area (Å²) in [6.45, 7) is 2.88. The van der Waals surface area contributed by atoms with Crippen molar-refractivity contribution >= 4 is 16.7 Å². The Balaban J connectivity index is 2.27. The van der Waals surface area contributed by atoms with E-state index < -0.39 is 0 Å². The van der Waals surface area contributed by atoms with Crippen LogP contribution in [0.3, 0.4) is 0 Å². The second-order valence-corrected chi connectivity index (χ2v) is 5.12. The molecule has 0 aromatic carbocycles. The number of nitrogens with zero attached hydrogens (tertiary/aromatic N) is 3. The molecule has 3 heterocycles. The van der Waals surface area contributed by atoms with Crippen LogP contribution in [-0.2, 0) is 6.54 Å². The van der Waals surface area contributed by atoms with Crippen LogP contribution < -0.4 is 10.3 Å². The van der Waals surface area contributed by atoms with Crippen molar-refractivity contribution in [2.24, 2.45) is 0 Å². The van der Waals surface area contributed by atoms with E-state index >= 15 is 0 Å². The second-order valence-electron chi connectivity index (χ2n) is 5.12. The van der Waals surface area contributed by atoms with Crippen LogP contribution in [0.15, 0.2) is 35.3 Å². The van der Waals surface area contributed by atoms with Gasteiger partial charge in [0, 0.05) is 18.8 Å². The maximum atomic E-state index is 12.6. The topological polar surface area (TPSA) is 48.5 Å². The third-order valence-electron chi connectivity index (χ3n) is 3.76. The summed E-state index contributed by atoms with van der Waals surface area (Å²) < 4.78 is 8.86. The van der Waals surface area contributed by atoms with Gasteiger partial charge in [0.2, 0.25) is 5.88 Å². The van der Waals surface area contributed by atoms with Gasteiger partial charge in [-0.05, 0) is 24.6 Å². The van der Waals surface area contributed by atoms with Gasteiger partial charge in [-0.15, -0.1) is 0 Å². The molecule has 0 N–H and O–H groups in total. The van der Waals surface area contributed by atoms with E-state index in [9.17, 15) is 4.79 Å². The molecule has 5 nitrogen and oxygen atoms in total. The molecule has 21 heavy (non-hydrogen) atoms. The Labute approximate surface area is 122 Å². The Morgan fingerprint density at radius 3 is 2.81 bits per heavy atom. The third kappa shape index (κ3) is 2.28. The first-order chi connectivity index (χ1) is 10.3.